The number of morpholine rings is 1. The average molecular weight is 435 g/mol. The molecule has 1 fully saturated rings. The molecule has 0 aliphatic carbocycles. The van der Waals surface area contributed by atoms with Crippen molar-refractivity contribution in [1.29, 1.82) is 0 Å². The summed E-state index contributed by atoms with van der Waals surface area (Å²) in [6.45, 7) is -0.953. The van der Waals surface area contributed by atoms with Crippen LogP contribution in [0.3, 0.4) is 0 Å². The Balaban J connectivity index is 1.60. The molecule has 1 aliphatic heterocycles. The molecule has 0 atom stereocenters. The molecule has 2 amide bonds. The number of carbonyl (C=O) groups is 2. The van der Waals surface area contributed by atoms with Gasteiger partial charge in [-0.15, -0.1) is 0 Å². The lowest BCUT2D eigenvalue weighted by atomic mass is 10.1. The van der Waals surface area contributed by atoms with Gasteiger partial charge in [0.2, 0.25) is 5.91 Å². The summed E-state index contributed by atoms with van der Waals surface area (Å²) in [5.41, 5.74) is 1.40. The fourth-order valence-electron chi connectivity index (χ4n) is 3.03. The van der Waals surface area contributed by atoms with Gasteiger partial charge in [0.15, 0.2) is 0 Å². The zero-order valence-electron chi connectivity index (χ0n) is 16.9. The summed E-state index contributed by atoms with van der Waals surface area (Å²) in [4.78, 5) is 26.7. The van der Waals surface area contributed by atoms with E-state index in [0.29, 0.717) is 49.0 Å². The highest BCUT2D eigenvalue weighted by Gasteiger charge is 2.20. The minimum Gasteiger partial charge on any atom is -0.495 e. The van der Waals surface area contributed by atoms with Crippen LogP contribution in [0.5, 0.6) is 11.5 Å². The molecular formula is C21H23F2N3O5. The van der Waals surface area contributed by atoms with E-state index in [2.05, 4.69) is 15.4 Å². The molecule has 1 saturated heterocycles. The molecule has 0 radical (unpaired) electrons. The maximum Gasteiger partial charge on any atom is 0.387 e. The predicted octanol–water partition coefficient (Wildman–Crippen LogP) is 2.82. The quantitative estimate of drug-likeness (QED) is 0.663. The van der Waals surface area contributed by atoms with Gasteiger partial charge in [-0.3, -0.25) is 9.59 Å². The number of halogens is 2. The van der Waals surface area contributed by atoms with Crippen molar-refractivity contribution in [3.63, 3.8) is 0 Å². The average Bonchev–Trinajstić information content (AvgIpc) is 2.78. The summed E-state index contributed by atoms with van der Waals surface area (Å²) in [7, 11) is 1.49. The second-order valence-corrected chi connectivity index (χ2v) is 6.62. The molecule has 31 heavy (non-hydrogen) atoms. The van der Waals surface area contributed by atoms with Gasteiger partial charge in [-0.05, 0) is 42.5 Å². The molecule has 0 aromatic heterocycles. The Bertz CT molecular complexity index is 902. The Labute approximate surface area is 178 Å². The van der Waals surface area contributed by atoms with E-state index in [1.54, 1.807) is 23.1 Å². The Morgan fingerprint density at radius 3 is 2.48 bits per heavy atom. The van der Waals surface area contributed by atoms with Gasteiger partial charge in [0.25, 0.3) is 5.91 Å². The smallest absolute Gasteiger partial charge is 0.387 e. The topological polar surface area (TPSA) is 89.1 Å². The Kier molecular flexibility index (Phi) is 7.60. The second-order valence-electron chi connectivity index (χ2n) is 6.62. The molecule has 0 saturated carbocycles. The maximum atomic E-state index is 12.7. The number of hydrogen-bond acceptors (Lipinski definition) is 6. The van der Waals surface area contributed by atoms with E-state index in [1.165, 1.54) is 31.4 Å². The van der Waals surface area contributed by atoms with E-state index in [-0.39, 0.29) is 24.1 Å². The van der Waals surface area contributed by atoms with Gasteiger partial charge in [-0.1, -0.05) is 0 Å². The second kappa shape index (κ2) is 10.6. The van der Waals surface area contributed by atoms with Gasteiger partial charge in [-0.25, -0.2) is 0 Å². The van der Waals surface area contributed by atoms with Crippen molar-refractivity contribution in [1.82, 2.24) is 4.90 Å². The van der Waals surface area contributed by atoms with Crippen molar-refractivity contribution >= 4 is 23.2 Å². The van der Waals surface area contributed by atoms with Crippen LogP contribution in [0.15, 0.2) is 42.5 Å². The van der Waals surface area contributed by atoms with Crippen LogP contribution in [0.25, 0.3) is 0 Å². The highest BCUT2D eigenvalue weighted by Crippen LogP contribution is 2.26. The third kappa shape index (κ3) is 6.29. The first-order valence-electron chi connectivity index (χ1n) is 9.60. The first kappa shape index (κ1) is 22.3. The summed E-state index contributed by atoms with van der Waals surface area (Å²) in [6.07, 6.45) is 0. The zero-order valence-corrected chi connectivity index (χ0v) is 16.9. The summed E-state index contributed by atoms with van der Waals surface area (Å²) in [5, 5.41) is 5.61. The molecule has 2 aromatic carbocycles. The molecule has 0 unspecified atom stereocenters. The van der Waals surface area contributed by atoms with Gasteiger partial charge < -0.3 is 29.7 Å². The zero-order chi connectivity index (χ0) is 22.2. The van der Waals surface area contributed by atoms with Crippen LogP contribution in [0.2, 0.25) is 0 Å². The van der Waals surface area contributed by atoms with Crippen LogP contribution >= 0.6 is 0 Å². The number of nitrogens with one attached hydrogen (secondary N) is 2. The summed E-state index contributed by atoms with van der Waals surface area (Å²) in [5.74, 6) is -0.00325. The Morgan fingerprint density at radius 2 is 1.84 bits per heavy atom. The number of hydrogen-bond donors (Lipinski definition) is 2. The summed E-state index contributed by atoms with van der Waals surface area (Å²) < 4.78 is 39.2. The molecule has 8 nitrogen and oxygen atoms in total. The fraction of sp³-hybridized carbons (Fsp3) is 0.333. The number of anilines is 2. The van der Waals surface area contributed by atoms with Crippen molar-refractivity contribution in [2.24, 2.45) is 0 Å². The van der Waals surface area contributed by atoms with E-state index in [0.717, 1.165) is 0 Å². The molecule has 166 valence electrons. The van der Waals surface area contributed by atoms with Gasteiger partial charge in [0.05, 0.1) is 32.6 Å². The van der Waals surface area contributed by atoms with Crippen molar-refractivity contribution in [2.45, 2.75) is 6.61 Å². The van der Waals surface area contributed by atoms with E-state index in [1.807, 2.05) is 0 Å². The monoisotopic (exact) mass is 435 g/mol. The lowest BCUT2D eigenvalue weighted by Gasteiger charge is -2.27. The molecule has 0 bridgehead atoms. The van der Waals surface area contributed by atoms with Crippen LogP contribution in [0, 0.1) is 0 Å². The van der Waals surface area contributed by atoms with Crippen molar-refractivity contribution in [3.8, 4) is 11.5 Å². The predicted molar refractivity (Wildman–Crippen MR) is 110 cm³/mol. The van der Waals surface area contributed by atoms with Crippen molar-refractivity contribution in [2.75, 3.05) is 50.6 Å². The molecule has 3 rings (SSSR count). The highest BCUT2D eigenvalue weighted by atomic mass is 19.3. The van der Waals surface area contributed by atoms with Crippen LogP contribution in [-0.2, 0) is 9.53 Å². The van der Waals surface area contributed by atoms with Crippen molar-refractivity contribution < 1.29 is 32.6 Å². The van der Waals surface area contributed by atoms with Gasteiger partial charge >= 0.3 is 6.61 Å². The first-order chi connectivity index (χ1) is 15.0. The third-order valence-corrected chi connectivity index (χ3v) is 4.55. The number of methoxy groups -OCH3 is 1. The minimum absolute atomic E-state index is 0.00221. The molecule has 2 N–H and O–H groups in total. The Hall–Kier alpha value is -3.40. The fourth-order valence-corrected chi connectivity index (χ4v) is 3.03. The van der Waals surface area contributed by atoms with Crippen LogP contribution in [0.4, 0.5) is 20.2 Å². The maximum absolute atomic E-state index is 12.7. The third-order valence-electron chi connectivity index (χ3n) is 4.55. The van der Waals surface area contributed by atoms with Crippen LogP contribution in [-0.4, -0.2) is 63.3 Å². The summed E-state index contributed by atoms with van der Waals surface area (Å²) in [6, 6.07) is 10.6. The number of carbonyl (C=O) groups excluding carboxylic acids is 2. The number of alkyl halides is 2. The van der Waals surface area contributed by atoms with Gasteiger partial charge in [0.1, 0.15) is 11.5 Å². The Morgan fingerprint density at radius 1 is 1.13 bits per heavy atom. The first-order valence-corrected chi connectivity index (χ1v) is 9.60. The van der Waals surface area contributed by atoms with E-state index in [9.17, 15) is 18.4 Å². The molecule has 10 heteroatoms. The summed E-state index contributed by atoms with van der Waals surface area (Å²) >= 11 is 0. The molecule has 2 aromatic rings. The SMILES string of the molecule is COc1ccc(C(=O)N2CCOCC2)cc1NCC(=O)Nc1ccc(OC(F)F)cc1. The largest absolute Gasteiger partial charge is 0.495 e. The highest BCUT2D eigenvalue weighted by molar-refractivity contribution is 5.97. The number of benzene rings is 2. The number of ether oxygens (including phenoxy) is 3. The lowest BCUT2D eigenvalue weighted by Crippen LogP contribution is -2.40. The minimum atomic E-state index is -2.91. The molecular weight excluding hydrogens is 412 g/mol. The standard InChI is InChI=1S/C21H23F2N3O5/c1-29-18-7-2-14(20(28)26-8-10-30-11-9-26)12-17(18)24-13-19(27)25-15-3-5-16(6-4-15)31-21(22)23/h2-7,12,21,24H,8-11,13H2,1H3,(H,25,27). The van der Waals surface area contributed by atoms with Gasteiger partial charge in [0, 0.05) is 24.3 Å². The van der Waals surface area contributed by atoms with Crippen LogP contribution < -0.4 is 20.1 Å². The number of rotatable bonds is 8. The van der Waals surface area contributed by atoms with Crippen molar-refractivity contribution in [3.05, 3.63) is 48.0 Å². The van der Waals surface area contributed by atoms with E-state index >= 15 is 0 Å². The molecule has 1 heterocycles. The lowest BCUT2D eigenvalue weighted by molar-refractivity contribution is -0.114. The van der Waals surface area contributed by atoms with E-state index in [4.69, 9.17) is 9.47 Å². The van der Waals surface area contributed by atoms with Gasteiger partial charge in [-0.2, -0.15) is 8.78 Å². The number of nitrogens with zero attached hydrogens (tertiary/aromatic N) is 1. The molecule has 0 spiro atoms. The normalized spacial score (nSPS) is 13.6. The van der Waals surface area contributed by atoms with E-state index < -0.39 is 6.61 Å². The molecule has 1 aliphatic rings. The number of amides is 2. The van der Waals surface area contributed by atoms with Crippen LogP contribution in [0.1, 0.15) is 10.4 Å².